The second kappa shape index (κ2) is 4.31. The maximum Gasteiger partial charge on any atom is 0.251 e. The lowest BCUT2D eigenvalue weighted by Gasteiger charge is -2.21. The van der Waals surface area contributed by atoms with Crippen LogP contribution in [-0.2, 0) is 4.79 Å². The highest BCUT2D eigenvalue weighted by molar-refractivity contribution is 5.80. The number of likely N-dealkylation sites (N-methyl/N-ethyl adjacent to an activating group) is 1. The Hall–Kier alpha value is -0.610. The predicted molar refractivity (Wildman–Crippen MR) is 45.0 cm³/mol. The van der Waals surface area contributed by atoms with Crippen molar-refractivity contribution in [1.29, 1.82) is 0 Å². The number of carbonyl (C=O) groups excluding carboxylic acids is 1. The van der Waals surface area contributed by atoms with E-state index >= 15 is 0 Å². The van der Waals surface area contributed by atoms with Crippen molar-refractivity contribution in [1.82, 2.24) is 15.3 Å². The van der Waals surface area contributed by atoms with E-state index in [-0.39, 0.29) is 11.9 Å². The lowest BCUT2D eigenvalue weighted by atomic mass is 10.3. The van der Waals surface area contributed by atoms with Crippen molar-refractivity contribution in [3.05, 3.63) is 0 Å². The van der Waals surface area contributed by atoms with Crippen LogP contribution in [0.5, 0.6) is 0 Å². The second-order valence-electron chi connectivity index (χ2n) is 3.01. The van der Waals surface area contributed by atoms with Gasteiger partial charge in [0.2, 0.25) is 0 Å². The minimum absolute atomic E-state index is 0.0139. The van der Waals surface area contributed by atoms with E-state index in [1.807, 2.05) is 25.9 Å². The Morgan fingerprint density at radius 1 is 1.27 bits per heavy atom. The molecular weight excluding hydrogens is 142 g/mol. The van der Waals surface area contributed by atoms with Crippen LogP contribution in [0.15, 0.2) is 0 Å². The molecule has 0 spiro atoms. The van der Waals surface area contributed by atoms with Crippen molar-refractivity contribution >= 4 is 5.91 Å². The molecule has 0 aliphatic carbocycles. The topological polar surface area (TPSA) is 35.6 Å². The summed E-state index contributed by atoms with van der Waals surface area (Å²) >= 11 is 0. The Balaban J connectivity index is 3.83. The summed E-state index contributed by atoms with van der Waals surface area (Å²) in [7, 11) is 7.33. The Morgan fingerprint density at radius 3 is 2.00 bits per heavy atom. The molecule has 1 N–H and O–H groups in total. The third-order valence-corrected chi connectivity index (χ3v) is 1.49. The van der Waals surface area contributed by atoms with Crippen molar-refractivity contribution < 1.29 is 4.79 Å². The van der Waals surface area contributed by atoms with Crippen molar-refractivity contribution in [3.8, 4) is 0 Å². The van der Waals surface area contributed by atoms with Gasteiger partial charge in [-0.2, -0.15) is 0 Å². The number of carbonyl (C=O) groups is 1. The van der Waals surface area contributed by atoms with E-state index in [4.69, 9.17) is 0 Å². The average Bonchev–Trinajstić information content (AvgIpc) is 1.84. The van der Waals surface area contributed by atoms with Gasteiger partial charge in [0.1, 0.15) is 0 Å². The van der Waals surface area contributed by atoms with Crippen LogP contribution in [0.3, 0.4) is 0 Å². The number of nitrogens with zero attached hydrogens (tertiary/aromatic N) is 2. The number of hydrogen-bond donors (Lipinski definition) is 1. The van der Waals surface area contributed by atoms with Gasteiger partial charge in [-0.1, -0.05) is 0 Å². The van der Waals surface area contributed by atoms with Gasteiger partial charge in [-0.15, -0.1) is 0 Å². The molecule has 0 aromatic carbocycles. The Kier molecular flexibility index (Phi) is 4.07. The molecule has 0 saturated carbocycles. The van der Waals surface area contributed by atoms with Crippen molar-refractivity contribution in [3.63, 3.8) is 0 Å². The van der Waals surface area contributed by atoms with E-state index in [1.54, 1.807) is 19.1 Å². The minimum atomic E-state index is -0.0857. The third kappa shape index (κ3) is 3.95. The first-order valence-corrected chi connectivity index (χ1v) is 3.59. The van der Waals surface area contributed by atoms with E-state index in [0.717, 1.165) is 0 Å². The molecule has 1 amide bonds. The van der Waals surface area contributed by atoms with E-state index in [1.165, 1.54) is 0 Å². The normalized spacial score (nSPS) is 13.7. The summed E-state index contributed by atoms with van der Waals surface area (Å²) in [6.45, 7) is 1.86. The van der Waals surface area contributed by atoms with Gasteiger partial charge in [-0.05, 0) is 21.0 Å². The molecule has 0 fully saturated rings. The molecule has 1 atom stereocenters. The summed E-state index contributed by atoms with van der Waals surface area (Å²) in [6, 6.07) is -0.0857. The number of amides is 1. The van der Waals surface area contributed by atoms with Crippen LogP contribution in [0, 0.1) is 0 Å². The first kappa shape index (κ1) is 10.4. The summed E-state index contributed by atoms with van der Waals surface area (Å²) in [5.41, 5.74) is 2.68. The molecule has 4 nitrogen and oxygen atoms in total. The Morgan fingerprint density at radius 2 is 1.73 bits per heavy atom. The van der Waals surface area contributed by atoms with Crippen LogP contribution in [0.4, 0.5) is 0 Å². The lowest BCUT2D eigenvalue weighted by molar-refractivity contribution is -0.128. The first-order chi connectivity index (χ1) is 4.95. The van der Waals surface area contributed by atoms with E-state index in [0.29, 0.717) is 0 Å². The van der Waals surface area contributed by atoms with Gasteiger partial charge < -0.3 is 0 Å². The lowest BCUT2D eigenvalue weighted by Crippen LogP contribution is -2.46. The van der Waals surface area contributed by atoms with Gasteiger partial charge >= 0.3 is 0 Å². The summed E-state index contributed by atoms with van der Waals surface area (Å²) in [5, 5.41) is 1.64. The molecule has 0 aliphatic rings. The fraction of sp³-hybridized carbons (Fsp3) is 0.857. The van der Waals surface area contributed by atoms with Crippen LogP contribution in [-0.4, -0.2) is 50.0 Å². The third-order valence-electron chi connectivity index (χ3n) is 1.49. The van der Waals surface area contributed by atoms with Crippen LogP contribution < -0.4 is 5.43 Å². The zero-order valence-corrected chi connectivity index (χ0v) is 7.88. The van der Waals surface area contributed by atoms with E-state index < -0.39 is 0 Å². The first-order valence-electron chi connectivity index (χ1n) is 3.59. The van der Waals surface area contributed by atoms with E-state index in [2.05, 4.69) is 5.43 Å². The molecule has 0 unspecified atom stereocenters. The maximum absolute atomic E-state index is 11.2. The molecule has 0 aromatic rings. The summed E-state index contributed by atoms with van der Waals surface area (Å²) in [6.07, 6.45) is 0. The van der Waals surface area contributed by atoms with Gasteiger partial charge in [0.25, 0.3) is 5.91 Å². The number of rotatable bonds is 3. The molecule has 11 heavy (non-hydrogen) atoms. The van der Waals surface area contributed by atoms with Crippen LogP contribution >= 0.6 is 0 Å². The molecule has 0 radical (unpaired) electrons. The largest absolute Gasteiger partial charge is 0.298 e. The van der Waals surface area contributed by atoms with Crippen molar-refractivity contribution in [2.45, 2.75) is 13.0 Å². The zero-order valence-electron chi connectivity index (χ0n) is 7.88. The van der Waals surface area contributed by atoms with Crippen LogP contribution in [0.25, 0.3) is 0 Å². The molecule has 0 aliphatic heterocycles. The molecule has 0 heterocycles. The molecule has 0 rings (SSSR count). The minimum Gasteiger partial charge on any atom is -0.298 e. The highest BCUT2D eigenvalue weighted by Gasteiger charge is 2.14. The van der Waals surface area contributed by atoms with Crippen LogP contribution in [0.1, 0.15) is 6.92 Å². The smallest absolute Gasteiger partial charge is 0.251 e. The Labute approximate surface area is 68.1 Å². The van der Waals surface area contributed by atoms with Gasteiger partial charge in [0, 0.05) is 14.1 Å². The maximum atomic E-state index is 11.2. The average molecular weight is 159 g/mol. The van der Waals surface area contributed by atoms with E-state index in [9.17, 15) is 4.79 Å². The zero-order chi connectivity index (χ0) is 9.02. The highest BCUT2D eigenvalue weighted by Crippen LogP contribution is 1.90. The molecule has 0 aromatic heterocycles. The highest BCUT2D eigenvalue weighted by atomic mass is 16.2. The number of hydrazine groups is 1. The van der Waals surface area contributed by atoms with Crippen LogP contribution in [0.2, 0.25) is 0 Å². The van der Waals surface area contributed by atoms with Gasteiger partial charge in [0.15, 0.2) is 0 Å². The van der Waals surface area contributed by atoms with Crippen molar-refractivity contribution in [2.24, 2.45) is 0 Å². The SMILES string of the molecule is C[C@@H](C(=O)NN(C)C)N(C)C. The van der Waals surface area contributed by atoms with Crippen molar-refractivity contribution in [2.75, 3.05) is 28.2 Å². The summed E-state index contributed by atoms with van der Waals surface area (Å²) in [5.74, 6) is 0.0139. The molecule has 0 bridgehead atoms. The quantitative estimate of drug-likeness (QED) is 0.565. The molecule has 4 heteroatoms. The second-order valence-corrected chi connectivity index (χ2v) is 3.01. The monoisotopic (exact) mass is 159 g/mol. The van der Waals surface area contributed by atoms with Gasteiger partial charge in [0.05, 0.1) is 6.04 Å². The predicted octanol–water partition coefficient (Wildman–Crippen LogP) is -0.471. The van der Waals surface area contributed by atoms with Gasteiger partial charge in [-0.3, -0.25) is 15.1 Å². The molecule has 66 valence electrons. The van der Waals surface area contributed by atoms with Gasteiger partial charge in [-0.25, -0.2) is 5.01 Å². The summed E-state index contributed by atoms with van der Waals surface area (Å²) < 4.78 is 0. The molecular formula is C7H17N3O. The number of hydrogen-bond acceptors (Lipinski definition) is 3. The Bertz CT molecular complexity index is 134. The fourth-order valence-electron chi connectivity index (χ4n) is 0.548. The fourth-order valence-corrected chi connectivity index (χ4v) is 0.548. The summed E-state index contributed by atoms with van der Waals surface area (Å²) in [4.78, 5) is 13.1. The molecule has 0 saturated heterocycles. The number of nitrogens with one attached hydrogen (secondary N) is 1. The standard InChI is InChI=1S/C7H17N3O/c1-6(9(2)3)7(11)8-10(4)5/h6H,1-5H3,(H,8,11)/t6-/m0/s1.